The predicted octanol–water partition coefficient (Wildman–Crippen LogP) is 3.99. The van der Waals surface area contributed by atoms with Crippen LogP contribution >= 0.6 is 0 Å². The van der Waals surface area contributed by atoms with Crippen molar-refractivity contribution in [3.63, 3.8) is 0 Å². The fraction of sp³-hybridized carbons (Fsp3) is 0.318. The van der Waals surface area contributed by atoms with Gasteiger partial charge in [-0.2, -0.15) is 4.31 Å². The standard InChI is InChI=1S/C22H22F2N2O4S/c1-14(21-12-16-4-2-3-5-20(16)30-21)25-22(27)15-8-10-26(11-9-15)31(28,29)17-6-7-18(23)19(24)13-17/h2-7,12-15H,8-11H2,1H3,(H,25,27). The predicted molar refractivity (Wildman–Crippen MR) is 111 cm³/mol. The van der Waals surface area contributed by atoms with E-state index in [0.29, 0.717) is 24.7 Å². The lowest BCUT2D eigenvalue weighted by Gasteiger charge is -2.31. The van der Waals surface area contributed by atoms with Crippen molar-refractivity contribution in [2.45, 2.75) is 30.7 Å². The zero-order chi connectivity index (χ0) is 22.2. The second kappa shape index (κ2) is 8.39. The molecular formula is C22H22F2N2O4S. The molecule has 1 amide bonds. The number of carbonyl (C=O) groups is 1. The normalized spacial score (nSPS) is 17.0. The summed E-state index contributed by atoms with van der Waals surface area (Å²) < 4.78 is 59.0. The first-order chi connectivity index (χ1) is 14.8. The van der Waals surface area contributed by atoms with E-state index in [1.165, 1.54) is 4.31 Å². The summed E-state index contributed by atoms with van der Waals surface area (Å²) in [5.74, 6) is -2.18. The summed E-state index contributed by atoms with van der Waals surface area (Å²) in [6, 6.07) is 11.6. The molecule has 0 bridgehead atoms. The van der Waals surface area contributed by atoms with Crippen LogP contribution in [0.25, 0.3) is 11.0 Å². The van der Waals surface area contributed by atoms with Gasteiger partial charge in [-0.3, -0.25) is 4.79 Å². The van der Waals surface area contributed by atoms with Gasteiger partial charge in [0.1, 0.15) is 11.3 Å². The largest absolute Gasteiger partial charge is 0.459 e. The van der Waals surface area contributed by atoms with Crippen molar-refractivity contribution in [3.8, 4) is 0 Å². The van der Waals surface area contributed by atoms with Gasteiger partial charge in [0, 0.05) is 24.4 Å². The molecule has 1 aromatic heterocycles. The monoisotopic (exact) mass is 448 g/mol. The Morgan fingerprint density at radius 1 is 1.10 bits per heavy atom. The van der Waals surface area contributed by atoms with E-state index in [4.69, 9.17) is 4.42 Å². The Bertz CT molecular complexity index is 1180. The molecule has 1 fully saturated rings. The average Bonchev–Trinajstić information content (AvgIpc) is 3.20. The molecule has 6 nitrogen and oxygen atoms in total. The molecule has 1 unspecified atom stereocenters. The highest BCUT2D eigenvalue weighted by Crippen LogP contribution is 2.27. The van der Waals surface area contributed by atoms with Crippen LogP contribution in [0.5, 0.6) is 0 Å². The molecule has 2 heterocycles. The van der Waals surface area contributed by atoms with Gasteiger partial charge in [-0.05, 0) is 50.1 Å². The maximum absolute atomic E-state index is 13.5. The molecule has 0 spiro atoms. The first-order valence-electron chi connectivity index (χ1n) is 10.00. The van der Waals surface area contributed by atoms with Crippen molar-refractivity contribution in [3.05, 3.63) is 65.9 Å². The van der Waals surface area contributed by atoms with E-state index in [1.54, 1.807) is 0 Å². The van der Waals surface area contributed by atoms with Crippen molar-refractivity contribution in [1.29, 1.82) is 0 Å². The van der Waals surface area contributed by atoms with E-state index >= 15 is 0 Å². The molecule has 2 aromatic carbocycles. The van der Waals surface area contributed by atoms with Gasteiger partial charge in [-0.1, -0.05) is 18.2 Å². The van der Waals surface area contributed by atoms with Crippen molar-refractivity contribution in [2.75, 3.05) is 13.1 Å². The van der Waals surface area contributed by atoms with Crippen LogP contribution in [0.2, 0.25) is 0 Å². The van der Waals surface area contributed by atoms with Crippen molar-refractivity contribution in [1.82, 2.24) is 9.62 Å². The Morgan fingerprint density at radius 2 is 1.81 bits per heavy atom. The lowest BCUT2D eigenvalue weighted by atomic mass is 9.97. The third kappa shape index (κ3) is 4.33. The van der Waals surface area contributed by atoms with E-state index in [9.17, 15) is 22.0 Å². The van der Waals surface area contributed by atoms with E-state index in [0.717, 1.165) is 23.1 Å². The van der Waals surface area contributed by atoms with Gasteiger partial charge in [0.05, 0.1) is 10.9 Å². The number of hydrogen-bond donors (Lipinski definition) is 1. The zero-order valence-electron chi connectivity index (χ0n) is 16.8. The van der Waals surface area contributed by atoms with E-state index < -0.39 is 21.7 Å². The third-order valence-electron chi connectivity index (χ3n) is 5.58. The number of carbonyl (C=O) groups excluding carboxylic acids is 1. The number of fused-ring (bicyclic) bond motifs is 1. The minimum Gasteiger partial charge on any atom is -0.459 e. The van der Waals surface area contributed by atoms with Crippen molar-refractivity contribution < 1.29 is 26.4 Å². The minimum atomic E-state index is -3.95. The fourth-order valence-corrected chi connectivity index (χ4v) is 5.24. The molecule has 9 heteroatoms. The number of benzene rings is 2. The number of para-hydroxylation sites is 1. The second-order valence-electron chi connectivity index (χ2n) is 7.67. The zero-order valence-corrected chi connectivity index (χ0v) is 17.7. The Morgan fingerprint density at radius 3 is 2.48 bits per heavy atom. The molecule has 1 aliphatic heterocycles. The molecule has 31 heavy (non-hydrogen) atoms. The number of piperidine rings is 1. The molecule has 0 aliphatic carbocycles. The maximum Gasteiger partial charge on any atom is 0.243 e. The Kier molecular flexibility index (Phi) is 5.81. The number of amides is 1. The number of hydrogen-bond acceptors (Lipinski definition) is 4. The van der Waals surface area contributed by atoms with Crippen molar-refractivity contribution in [2.24, 2.45) is 5.92 Å². The first-order valence-corrected chi connectivity index (χ1v) is 11.4. The van der Waals surface area contributed by atoms with Gasteiger partial charge >= 0.3 is 0 Å². The highest BCUT2D eigenvalue weighted by Gasteiger charge is 2.33. The lowest BCUT2D eigenvalue weighted by Crippen LogP contribution is -2.43. The minimum absolute atomic E-state index is 0.123. The topological polar surface area (TPSA) is 79.6 Å². The van der Waals surface area contributed by atoms with Crippen LogP contribution in [-0.2, 0) is 14.8 Å². The molecule has 1 N–H and O–H groups in total. The fourth-order valence-electron chi connectivity index (χ4n) is 3.76. The van der Waals surface area contributed by atoms with Crippen LogP contribution in [0, 0.1) is 17.6 Å². The van der Waals surface area contributed by atoms with Crippen LogP contribution in [0.3, 0.4) is 0 Å². The van der Waals surface area contributed by atoms with E-state index in [1.807, 2.05) is 37.3 Å². The number of rotatable bonds is 5. The van der Waals surface area contributed by atoms with Crippen LogP contribution in [0.15, 0.2) is 57.8 Å². The summed E-state index contributed by atoms with van der Waals surface area (Å²) in [4.78, 5) is 12.4. The second-order valence-corrected chi connectivity index (χ2v) is 9.61. The van der Waals surface area contributed by atoms with Crippen molar-refractivity contribution >= 4 is 26.9 Å². The Balaban J connectivity index is 1.37. The summed E-state index contributed by atoms with van der Waals surface area (Å²) in [7, 11) is -3.95. The molecule has 0 saturated carbocycles. The van der Waals surface area contributed by atoms with Crippen LogP contribution in [0.4, 0.5) is 8.78 Å². The molecule has 3 aromatic rings. The molecule has 0 radical (unpaired) electrons. The Labute approximate surface area is 178 Å². The molecular weight excluding hydrogens is 426 g/mol. The summed E-state index contributed by atoms with van der Waals surface area (Å²) in [6.45, 7) is 2.08. The molecule has 1 aliphatic rings. The number of nitrogens with zero attached hydrogens (tertiary/aromatic N) is 1. The van der Waals surface area contributed by atoms with Crippen LogP contribution < -0.4 is 5.32 Å². The first kappa shape index (κ1) is 21.5. The summed E-state index contributed by atoms with van der Waals surface area (Å²) >= 11 is 0. The van der Waals surface area contributed by atoms with Gasteiger partial charge in [0.2, 0.25) is 15.9 Å². The number of halogens is 2. The van der Waals surface area contributed by atoms with Gasteiger partial charge < -0.3 is 9.73 Å². The highest BCUT2D eigenvalue weighted by atomic mass is 32.2. The lowest BCUT2D eigenvalue weighted by molar-refractivity contribution is -0.126. The highest BCUT2D eigenvalue weighted by molar-refractivity contribution is 7.89. The number of sulfonamides is 1. The Hall–Kier alpha value is -2.78. The van der Waals surface area contributed by atoms with Crippen LogP contribution in [0.1, 0.15) is 31.6 Å². The SMILES string of the molecule is CC(NC(=O)C1CCN(S(=O)(=O)c2ccc(F)c(F)c2)CC1)c1cc2ccccc2o1. The van der Waals surface area contributed by atoms with Crippen LogP contribution in [-0.4, -0.2) is 31.7 Å². The summed E-state index contributed by atoms with van der Waals surface area (Å²) in [5.41, 5.74) is 0.745. The summed E-state index contributed by atoms with van der Waals surface area (Å²) in [5, 5.41) is 3.89. The third-order valence-corrected chi connectivity index (χ3v) is 7.48. The molecule has 1 atom stereocenters. The van der Waals surface area contributed by atoms with Gasteiger partial charge in [0.15, 0.2) is 11.6 Å². The summed E-state index contributed by atoms with van der Waals surface area (Å²) in [6.07, 6.45) is 0.670. The van der Waals surface area contributed by atoms with Gasteiger partial charge in [0.25, 0.3) is 0 Å². The molecule has 4 rings (SSSR count). The molecule has 1 saturated heterocycles. The molecule has 164 valence electrons. The number of furan rings is 1. The van der Waals surface area contributed by atoms with Gasteiger partial charge in [-0.15, -0.1) is 0 Å². The average molecular weight is 448 g/mol. The quantitative estimate of drug-likeness (QED) is 0.640. The van der Waals surface area contributed by atoms with Gasteiger partial charge in [-0.25, -0.2) is 17.2 Å². The smallest absolute Gasteiger partial charge is 0.243 e. The maximum atomic E-state index is 13.5. The van der Waals surface area contributed by atoms with E-state index in [-0.39, 0.29) is 35.9 Å². The number of nitrogens with one attached hydrogen (secondary N) is 1. The van der Waals surface area contributed by atoms with E-state index in [2.05, 4.69) is 5.32 Å².